The first-order valence-electron chi connectivity index (χ1n) is 13.0. The van der Waals surface area contributed by atoms with Crippen molar-refractivity contribution in [1.29, 1.82) is 5.41 Å². The average molecular weight is 573 g/mol. The highest BCUT2D eigenvalue weighted by atomic mass is 32.2. The van der Waals surface area contributed by atoms with E-state index in [2.05, 4.69) is 5.32 Å². The maximum atomic E-state index is 13.7. The highest BCUT2D eigenvalue weighted by molar-refractivity contribution is 7.91. The lowest BCUT2D eigenvalue weighted by Crippen LogP contribution is -2.52. The molecule has 2 aromatic carbocycles. The first-order chi connectivity index (χ1) is 19.0. The molecule has 0 spiro atoms. The molecule has 2 aromatic rings. The van der Waals surface area contributed by atoms with E-state index in [1.54, 1.807) is 42.2 Å². The second-order valence-electron chi connectivity index (χ2n) is 9.42. The Morgan fingerprint density at radius 1 is 1.05 bits per heavy atom. The van der Waals surface area contributed by atoms with E-state index < -0.39 is 27.6 Å². The highest BCUT2D eigenvalue weighted by Gasteiger charge is 2.33. The number of nitrogens with one attached hydrogen (secondary N) is 2. The van der Waals surface area contributed by atoms with Crippen LogP contribution in [-0.4, -0.2) is 87.0 Å². The van der Waals surface area contributed by atoms with Crippen LogP contribution in [0.25, 0.3) is 0 Å². The number of nitrogen functional groups attached to an aromatic ring is 1. The van der Waals surface area contributed by atoms with E-state index in [9.17, 15) is 22.8 Å². The Hall–Kier alpha value is -3.97. The fraction of sp³-hybridized carbons (Fsp3) is 0.407. The number of nitrogens with two attached hydrogens (primary N) is 2. The lowest BCUT2D eigenvalue weighted by Gasteiger charge is -2.36. The van der Waals surface area contributed by atoms with Crippen molar-refractivity contribution in [2.75, 3.05) is 50.4 Å². The molecule has 1 fully saturated rings. The van der Waals surface area contributed by atoms with E-state index >= 15 is 0 Å². The maximum Gasteiger partial charge on any atom is 0.409 e. The van der Waals surface area contributed by atoms with Crippen molar-refractivity contribution < 1.29 is 27.5 Å². The summed E-state index contributed by atoms with van der Waals surface area (Å²) in [5, 5.41) is 10.4. The van der Waals surface area contributed by atoms with Crippen LogP contribution in [0, 0.1) is 11.3 Å². The molecule has 1 saturated heterocycles. The lowest BCUT2D eigenvalue weighted by molar-refractivity contribution is -0.136. The molecule has 0 aromatic heterocycles. The molecule has 1 heterocycles. The van der Waals surface area contributed by atoms with E-state index in [1.165, 1.54) is 23.1 Å². The largest absolute Gasteiger partial charge is 0.450 e. The topological polar surface area (TPSA) is 189 Å². The number of carbonyl (C=O) groups is 3. The first-order valence-corrected chi connectivity index (χ1v) is 14.7. The van der Waals surface area contributed by atoms with Crippen LogP contribution < -0.4 is 16.8 Å². The molecular weight excluding hydrogens is 536 g/mol. The van der Waals surface area contributed by atoms with Crippen LogP contribution in [-0.2, 0) is 30.6 Å². The number of benzene rings is 2. The van der Waals surface area contributed by atoms with Gasteiger partial charge in [-0.15, -0.1) is 0 Å². The van der Waals surface area contributed by atoms with Gasteiger partial charge in [0.2, 0.25) is 11.8 Å². The zero-order valence-electron chi connectivity index (χ0n) is 22.5. The Morgan fingerprint density at radius 2 is 1.73 bits per heavy atom. The second-order valence-corrected chi connectivity index (χ2v) is 11.5. The summed E-state index contributed by atoms with van der Waals surface area (Å²) in [7, 11) is -3.97. The van der Waals surface area contributed by atoms with Crippen LogP contribution in [0.15, 0.2) is 53.4 Å². The van der Waals surface area contributed by atoms with Crippen LogP contribution >= 0.6 is 0 Å². The summed E-state index contributed by atoms with van der Waals surface area (Å²) in [6, 6.07) is 12.7. The van der Waals surface area contributed by atoms with Crippen LogP contribution in [0.2, 0.25) is 0 Å². The molecule has 6 N–H and O–H groups in total. The quantitative estimate of drug-likeness (QED) is 0.228. The number of hydrogen-bond donors (Lipinski definition) is 4. The van der Waals surface area contributed by atoms with Crippen LogP contribution in [0.5, 0.6) is 0 Å². The van der Waals surface area contributed by atoms with Gasteiger partial charge in [0.25, 0.3) is 0 Å². The summed E-state index contributed by atoms with van der Waals surface area (Å²) in [4.78, 5) is 40.8. The monoisotopic (exact) mass is 572 g/mol. The molecule has 40 heavy (non-hydrogen) atoms. The van der Waals surface area contributed by atoms with E-state index in [1.807, 2.05) is 0 Å². The minimum Gasteiger partial charge on any atom is -0.450 e. The summed E-state index contributed by atoms with van der Waals surface area (Å²) in [6.45, 7) is 3.15. The number of rotatable bonds is 11. The van der Waals surface area contributed by atoms with E-state index in [4.69, 9.17) is 21.6 Å². The minimum absolute atomic E-state index is 0.0273. The molecular formula is C27H36N6O6S. The Balaban J connectivity index is 1.85. The normalized spacial score (nSPS) is 14.3. The Labute approximate surface area is 234 Å². The predicted octanol–water partition coefficient (Wildman–Crippen LogP) is 1.19. The van der Waals surface area contributed by atoms with Crippen molar-refractivity contribution >= 4 is 39.3 Å². The number of carbonyl (C=O) groups excluding carboxylic acids is 3. The Bertz CT molecular complexity index is 1340. The van der Waals surface area contributed by atoms with E-state index in [-0.39, 0.29) is 74.7 Å². The summed E-state index contributed by atoms with van der Waals surface area (Å²) >= 11 is 0. The van der Waals surface area contributed by atoms with Crippen molar-refractivity contribution in [2.45, 2.75) is 24.7 Å². The van der Waals surface area contributed by atoms with Crippen molar-refractivity contribution in [2.24, 2.45) is 17.4 Å². The van der Waals surface area contributed by atoms with Gasteiger partial charge in [-0.2, -0.15) is 0 Å². The van der Waals surface area contributed by atoms with Gasteiger partial charge in [0.05, 0.1) is 23.2 Å². The molecule has 3 rings (SSSR count). The number of nitrogens with zero attached hydrogens (tertiary/aromatic N) is 2. The minimum atomic E-state index is -3.97. The molecule has 0 aliphatic carbocycles. The fourth-order valence-corrected chi connectivity index (χ4v) is 6.01. The standard InChI is InChI=1S/C27H36N6O6S/c1-2-39-27(36)33-13-11-32(12-14-33)26(35)21(16-19-5-3-6-20(15-19)25(29)30)18-40(37,38)23-8-4-7-22(17-23)31-24(34)9-10-28/h3-8,15,17,21H,2,9-14,16,18,28H2,1H3,(H3,29,30)(H,31,34)/t21-/m1/s1. The van der Waals surface area contributed by atoms with Crippen LogP contribution in [0.1, 0.15) is 24.5 Å². The molecule has 1 atom stereocenters. The Kier molecular flexibility index (Phi) is 10.6. The third kappa shape index (κ3) is 8.26. The molecule has 3 amide bonds. The summed E-state index contributed by atoms with van der Waals surface area (Å²) in [6.07, 6.45) is -0.256. The van der Waals surface area contributed by atoms with Gasteiger partial charge in [0.15, 0.2) is 9.84 Å². The van der Waals surface area contributed by atoms with E-state index in [0.29, 0.717) is 16.8 Å². The summed E-state index contributed by atoms with van der Waals surface area (Å²) in [5.74, 6) is -2.25. The van der Waals surface area contributed by atoms with Gasteiger partial charge < -0.3 is 31.3 Å². The molecule has 12 nitrogen and oxygen atoms in total. The SMILES string of the molecule is CCOC(=O)N1CCN(C(=O)[C@H](Cc2cccc(C(=N)N)c2)CS(=O)(=O)c2cccc(NC(=O)CCN)c2)CC1. The zero-order valence-corrected chi connectivity index (χ0v) is 23.3. The van der Waals surface area contributed by atoms with Gasteiger partial charge in [0, 0.05) is 50.4 Å². The fourth-order valence-electron chi connectivity index (χ4n) is 4.43. The summed E-state index contributed by atoms with van der Waals surface area (Å²) < 4.78 is 32.1. The van der Waals surface area contributed by atoms with Gasteiger partial charge in [-0.05, 0) is 43.2 Å². The van der Waals surface area contributed by atoms with Crippen molar-refractivity contribution in [1.82, 2.24) is 9.80 Å². The van der Waals surface area contributed by atoms with E-state index in [0.717, 1.165) is 0 Å². The molecule has 0 saturated carbocycles. The molecule has 0 bridgehead atoms. The number of anilines is 1. The number of hydrogen-bond acceptors (Lipinski definition) is 8. The smallest absolute Gasteiger partial charge is 0.409 e. The van der Waals surface area contributed by atoms with Crippen molar-refractivity contribution in [3.8, 4) is 0 Å². The average Bonchev–Trinajstić information content (AvgIpc) is 2.93. The van der Waals surface area contributed by atoms with Gasteiger partial charge in [0.1, 0.15) is 5.84 Å². The molecule has 0 radical (unpaired) electrons. The number of amides is 3. The summed E-state index contributed by atoms with van der Waals surface area (Å²) in [5.41, 5.74) is 12.5. The predicted molar refractivity (Wildman–Crippen MR) is 151 cm³/mol. The van der Waals surface area contributed by atoms with Gasteiger partial charge >= 0.3 is 6.09 Å². The molecule has 216 valence electrons. The number of amidine groups is 1. The molecule has 1 aliphatic heterocycles. The van der Waals surface area contributed by atoms with Crippen molar-refractivity contribution in [3.63, 3.8) is 0 Å². The molecule has 1 aliphatic rings. The first kappa shape index (κ1) is 30.6. The highest BCUT2D eigenvalue weighted by Crippen LogP contribution is 2.23. The van der Waals surface area contributed by atoms with Gasteiger partial charge in [-0.3, -0.25) is 15.0 Å². The van der Waals surface area contributed by atoms with Crippen LogP contribution in [0.3, 0.4) is 0 Å². The molecule has 0 unspecified atom stereocenters. The molecule has 13 heteroatoms. The lowest BCUT2D eigenvalue weighted by atomic mass is 9.97. The number of ether oxygens (including phenoxy) is 1. The van der Waals surface area contributed by atoms with Crippen LogP contribution in [0.4, 0.5) is 10.5 Å². The van der Waals surface area contributed by atoms with Crippen molar-refractivity contribution in [3.05, 3.63) is 59.7 Å². The Morgan fingerprint density at radius 3 is 2.38 bits per heavy atom. The third-order valence-corrected chi connectivity index (χ3v) is 8.27. The second kappa shape index (κ2) is 13.9. The zero-order chi connectivity index (χ0) is 29.3. The van der Waals surface area contributed by atoms with Gasteiger partial charge in [-0.25, -0.2) is 13.2 Å². The number of piperazine rings is 1. The van der Waals surface area contributed by atoms with Gasteiger partial charge in [-0.1, -0.05) is 24.3 Å². The maximum absolute atomic E-state index is 13.7. The number of sulfone groups is 1. The third-order valence-electron chi connectivity index (χ3n) is 6.46.